The molecule has 1 heterocycles. The predicted molar refractivity (Wildman–Crippen MR) is 46.4 cm³/mol. The molecule has 1 fully saturated rings. The van der Waals surface area contributed by atoms with Crippen LogP contribution in [0, 0.1) is 0 Å². The Bertz CT molecular complexity index is 217. The van der Waals surface area contributed by atoms with Crippen LogP contribution in [0.1, 0.15) is 20.3 Å². The van der Waals surface area contributed by atoms with E-state index in [1.807, 2.05) is 0 Å². The van der Waals surface area contributed by atoms with Crippen LogP contribution in [-0.4, -0.2) is 37.7 Å². The molecule has 1 rings (SSSR count). The number of hydrogen-bond donors (Lipinski definition) is 0. The summed E-state index contributed by atoms with van der Waals surface area (Å²) in [5.74, 6) is -1.54. The summed E-state index contributed by atoms with van der Waals surface area (Å²) in [6, 6.07) is 0. The van der Waals surface area contributed by atoms with Crippen molar-refractivity contribution in [2.24, 2.45) is 0 Å². The molecule has 1 unspecified atom stereocenters. The van der Waals surface area contributed by atoms with Gasteiger partial charge in [0, 0.05) is 6.42 Å². The van der Waals surface area contributed by atoms with E-state index in [1.54, 1.807) is 13.8 Å². The molecule has 5 heteroatoms. The standard InChI is InChI=1S/C9H15FO4/c1-9(2)13-5-6(14-9)4-7(10)8(11)12-3/h6-7H,4-5H2,1-3H3/t6-,7?/m0/s1. The molecule has 0 saturated carbocycles. The Morgan fingerprint density at radius 2 is 2.36 bits per heavy atom. The first-order valence-corrected chi connectivity index (χ1v) is 4.48. The van der Waals surface area contributed by atoms with Gasteiger partial charge in [-0.15, -0.1) is 0 Å². The number of halogens is 1. The van der Waals surface area contributed by atoms with Gasteiger partial charge in [-0.05, 0) is 13.8 Å². The summed E-state index contributed by atoms with van der Waals surface area (Å²) in [5.41, 5.74) is 0. The minimum Gasteiger partial charge on any atom is -0.467 e. The van der Waals surface area contributed by atoms with E-state index in [9.17, 15) is 9.18 Å². The zero-order valence-corrected chi connectivity index (χ0v) is 8.58. The first-order chi connectivity index (χ1) is 6.44. The van der Waals surface area contributed by atoms with Crippen molar-refractivity contribution < 1.29 is 23.4 Å². The molecule has 0 aromatic heterocycles. The van der Waals surface area contributed by atoms with Crippen molar-refractivity contribution in [3.63, 3.8) is 0 Å². The molecule has 0 aromatic carbocycles. The lowest BCUT2D eigenvalue weighted by atomic mass is 10.2. The normalized spacial score (nSPS) is 27.3. The Kier molecular flexibility index (Phi) is 3.44. The number of esters is 1. The number of methoxy groups -OCH3 is 1. The summed E-state index contributed by atoms with van der Waals surface area (Å²) in [4.78, 5) is 10.8. The third kappa shape index (κ3) is 2.92. The SMILES string of the molecule is COC(=O)C(F)C[C@H]1COC(C)(C)O1. The van der Waals surface area contributed by atoms with E-state index in [4.69, 9.17) is 9.47 Å². The van der Waals surface area contributed by atoms with E-state index in [0.717, 1.165) is 7.11 Å². The van der Waals surface area contributed by atoms with Gasteiger partial charge in [0.05, 0.1) is 19.8 Å². The fourth-order valence-corrected chi connectivity index (χ4v) is 1.33. The Morgan fingerprint density at radius 1 is 1.71 bits per heavy atom. The van der Waals surface area contributed by atoms with Crippen molar-refractivity contribution >= 4 is 5.97 Å². The average Bonchev–Trinajstić information content (AvgIpc) is 2.44. The van der Waals surface area contributed by atoms with Crippen molar-refractivity contribution in [3.8, 4) is 0 Å². The second-order valence-electron chi connectivity index (χ2n) is 3.68. The molecule has 0 bridgehead atoms. The minimum absolute atomic E-state index is 0.0178. The van der Waals surface area contributed by atoms with Crippen molar-refractivity contribution in [1.29, 1.82) is 0 Å². The van der Waals surface area contributed by atoms with Crippen LogP contribution in [0.4, 0.5) is 4.39 Å². The predicted octanol–water partition coefficient (Wildman–Crippen LogP) is 1.04. The van der Waals surface area contributed by atoms with Crippen molar-refractivity contribution in [2.75, 3.05) is 13.7 Å². The zero-order valence-electron chi connectivity index (χ0n) is 8.58. The second-order valence-corrected chi connectivity index (χ2v) is 3.68. The van der Waals surface area contributed by atoms with E-state index >= 15 is 0 Å². The molecule has 1 saturated heterocycles. The number of carbonyl (C=O) groups is 1. The highest BCUT2D eigenvalue weighted by Crippen LogP contribution is 2.25. The molecule has 1 aliphatic rings. The molecular formula is C9H15FO4. The lowest BCUT2D eigenvalue weighted by Gasteiger charge is -2.17. The first-order valence-electron chi connectivity index (χ1n) is 4.48. The molecule has 0 aromatic rings. The smallest absolute Gasteiger partial charge is 0.340 e. The molecule has 14 heavy (non-hydrogen) atoms. The maximum absolute atomic E-state index is 13.1. The van der Waals surface area contributed by atoms with Crippen LogP contribution < -0.4 is 0 Å². The molecule has 0 aliphatic carbocycles. The largest absolute Gasteiger partial charge is 0.467 e. The summed E-state index contributed by atoms with van der Waals surface area (Å²) in [6.07, 6.45) is -2.03. The number of hydrogen-bond acceptors (Lipinski definition) is 4. The van der Waals surface area contributed by atoms with Gasteiger partial charge in [-0.2, -0.15) is 0 Å². The van der Waals surface area contributed by atoms with Crippen molar-refractivity contribution in [3.05, 3.63) is 0 Å². The van der Waals surface area contributed by atoms with Crippen LogP contribution in [0.25, 0.3) is 0 Å². The Morgan fingerprint density at radius 3 is 2.79 bits per heavy atom. The van der Waals surface area contributed by atoms with Gasteiger partial charge in [-0.3, -0.25) is 0 Å². The van der Waals surface area contributed by atoms with Crippen LogP contribution in [0.3, 0.4) is 0 Å². The summed E-state index contributed by atoms with van der Waals surface area (Å²) >= 11 is 0. The lowest BCUT2D eigenvalue weighted by Crippen LogP contribution is -2.26. The molecule has 0 radical (unpaired) electrons. The van der Waals surface area contributed by atoms with E-state index < -0.39 is 17.9 Å². The van der Waals surface area contributed by atoms with Crippen molar-refractivity contribution in [1.82, 2.24) is 0 Å². The van der Waals surface area contributed by atoms with Gasteiger partial charge < -0.3 is 14.2 Å². The Labute approximate surface area is 82.3 Å². The highest BCUT2D eigenvalue weighted by Gasteiger charge is 2.35. The number of ether oxygens (including phenoxy) is 3. The van der Waals surface area contributed by atoms with E-state index in [1.165, 1.54) is 0 Å². The van der Waals surface area contributed by atoms with Crippen LogP contribution in [0.15, 0.2) is 0 Å². The molecule has 1 aliphatic heterocycles. The summed E-state index contributed by atoms with van der Waals surface area (Å²) in [5, 5.41) is 0. The number of carbonyl (C=O) groups excluding carboxylic acids is 1. The van der Waals surface area contributed by atoms with Gasteiger partial charge in [0.15, 0.2) is 12.0 Å². The third-order valence-corrected chi connectivity index (χ3v) is 1.99. The van der Waals surface area contributed by atoms with Gasteiger partial charge in [0.1, 0.15) is 0 Å². The molecule has 2 atom stereocenters. The quantitative estimate of drug-likeness (QED) is 0.647. The highest BCUT2D eigenvalue weighted by atomic mass is 19.1. The van der Waals surface area contributed by atoms with Gasteiger partial charge in [-0.25, -0.2) is 9.18 Å². The van der Waals surface area contributed by atoms with Gasteiger partial charge >= 0.3 is 5.97 Å². The van der Waals surface area contributed by atoms with Crippen LogP contribution in [-0.2, 0) is 19.0 Å². The molecule has 82 valence electrons. The van der Waals surface area contributed by atoms with Gasteiger partial charge in [-0.1, -0.05) is 0 Å². The third-order valence-electron chi connectivity index (χ3n) is 1.99. The molecular weight excluding hydrogens is 191 g/mol. The fraction of sp³-hybridized carbons (Fsp3) is 0.889. The Balaban J connectivity index is 2.36. The summed E-state index contributed by atoms with van der Waals surface area (Å²) in [6.45, 7) is 3.81. The van der Waals surface area contributed by atoms with E-state index in [0.29, 0.717) is 6.61 Å². The fourth-order valence-electron chi connectivity index (χ4n) is 1.33. The maximum Gasteiger partial charge on any atom is 0.340 e. The second kappa shape index (κ2) is 4.23. The zero-order chi connectivity index (χ0) is 10.8. The first kappa shape index (κ1) is 11.4. The van der Waals surface area contributed by atoms with E-state index in [2.05, 4.69) is 4.74 Å². The summed E-state index contributed by atoms with van der Waals surface area (Å²) < 4.78 is 27.9. The summed E-state index contributed by atoms with van der Waals surface area (Å²) in [7, 11) is 1.16. The highest BCUT2D eigenvalue weighted by molar-refractivity contribution is 5.74. The monoisotopic (exact) mass is 206 g/mol. The molecule has 0 N–H and O–H groups in total. The topological polar surface area (TPSA) is 44.8 Å². The van der Waals surface area contributed by atoms with E-state index in [-0.39, 0.29) is 12.5 Å². The molecule has 0 amide bonds. The number of rotatable bonds is 3. The van der Waals surface area contributed by atoms with Crippen LogP contribution in [0.2, 0.25) is 0 Å². The average molecular weight is 206 g/mol. The van der Waals surface area contributed by atoms with Crippen molar-refractivity contribution in [2.45, 2.75) is 38.3 Å². The van der Waals surface area contributed by atoms with Gasteiger partial charge in [0.25, 0.3) is 0 Å². The lowest BCUT2D eigenvalue weighted by molar-refractivity contribution is -0.153. The van der Waals surface area contributed by atoms with Crippen LogP contribution >= 0.6 is 0 Å². The minimum atomic E-state index is -1.64. The van der Waals surface area contributed by atoms with Gasteiger partial charge in [0.2, 0.25) is 0 Å². The number of alkyl halides is 1. The van der Waals surface area contributed by atoms with Crippen LogP contribution in [0.5, 0.6) is 0 Å². The molecule has 4 nitrogen and oxygen atoms in total. The Hall–Kier alpha value is -0.680. The molecule has 0 spiro atoms. The maximum atomic E-state index is 13.1.